The van der Waals surface area contributed by atoms with E-state index in [1.807, 2.05) is 48.5 Å². The summed E-state index contributed by atoms with van der Waals surface area (Å²) in [7, 11) is 0. The van der Waals surface area contributed by atoms with Crippen LogP contribution >= 0.6 is 0 Å². The van der Waals surface area contributed by atoms with E-state index in [0.717, 1.165) is 46.6 Å². The maximum Gasteiger partial charge on any atom is 0.189 e. The number of aryl methyl sites for hydroxylation is 1. The molecule has 22 heavy (non-hydrogen) atoms. The summed E-state index contributed by atoms with van der Waals surface area (Å²) in [6.07, 6.45) is 3.67. The number of ether oxygens (including phenoxy) is 2. The van der Waals surface area contributed by atoms with Crippen LogP contribution in [0.1, 0.15) is 27.9 Å². The van der Waals surface area contributed by atoms with Crippen molar-refractivity contribution in [3.05, 3.63) is 64.7 Å². The lowest BCUT2D eigenvalue weighted by Gasteiger charge is -2.19. The molecule has 0 N–H and O–H groups in total. The smallest absolute Gasteiger partial charge is 0.189 e. The number of Topliss-reactive ketones (excluding diaryl/α,β-unsaturated/α-hetero) is 1. The van der Waals surface area contributed by atoms with Crippen LogP contribution in [0.15, 0.2) is 48.0 Å². The molecule has 0 saturated heterocycles. The van der Waals surface area contributed by atoms with Crippen LogP contribution in [-0.2, 0) is 6.42 Å². The van der Waals surface area contributed by atoms with Crippen molar-refractivity contribution in [2.75, 3.05) is 13.2 Å². The first-order chi connectivity index (χ1) is 10.8. The molecule has 0 saturated carbocycles. The maximum absolute atomic E-state index is 12.6. The molecule has 0 bridgehead atoms. The van der Waals surface area contributed by atoms with E-state index in [2.05, 4.69) is 0 Å². The van der Waals surface area contributed by atoms with Crippen LogP contribution < -0.4 is 9.47 Å². The molecule has 1 heterocycles. The van der Waals surface area contributed by atoms with Gasteiger partial charge in [0.1, 0.15) is 13.2 Å². The maximum atomic E-state index is 12.6. The van der Waals surface area contributed by atoms with Gasteiger partial charge in [-0.05, 0) is 42.2 Å². The molecule has 0 radical (unpaired) electrons. The Morgan fingerprint density at radius 3 is 2.64 bits per heavy atom. The first-order valence-corrected chi connectivity index (χ1v) is 7.54. The molecule has 110 valence electrons. The monoisotopic (exact) mass is 292 g/mol. The van der Waals surface area contributed by atoms with Crippen molar-refractivity contribution < 1.29 is 14.3 Å². The molecule has 2 aromatic rings. The van der Waals surface area contributed by atoms with E-state index >= 15 is 0 Å². The summed E-state index contributed by atoms with van der Waals surface area (Å²) in [5.41, 5.74) is 3.81. The van der Waals surface area contributed by atoms with Crippen LogP contribution in [0, 0.1) is 0 Å². The topological polar surface area (TPSA) is 35.5 Å². The highest BCUT2D eigenvalue weighted by Gasteiger charge is 2.21. The van der Waals surface area contributed by atoms with Gasteiger partial charge in [0.25, 0.3) is 0 Å². The van der Waals surface area contributed by atoms with Crippen LogP contribution in [0.25, 0.3) is 6.08 Å². The minimum atomic E-state index is 0.136. The Balaban J connectivity index is 1.68. The third kappa shape index (κ3) is 2.29. The number of allylic oxidation sites excluding steroid dienone is 1. The summed E-state index contributed by atoms with van der Waals surface area (Å²) in [5.74, 6) is 1.66. The van der Waals surface area contributed by atoms with Gasteiger partial charge < -0.3 is 9.47 Å². The molecular formula is C19H16O3. The Morgan fingerprint density at radius 1 is 0.909 bits per heavy atom. The van der Waals surface area contributed by atoms with Gasteiger partial charge in [0.2, 0.25) is 0 Å². The predicted octanol–water partition coefficient (Wildman–Crippen LogP) is 3.67. The zero-order chi connectivity index (χ0) is 14.9. The zero-order valence-electron chi connectivity index (χ0n) is 12.2. The van der Waals surface area contributed by atoms with Crippen LogP contribution in [-0.4, -0.2) is 19.0 Å². The standard InChI is InChI=1S/C19H16O3/c20-19-15(7-6-14-3-1-2-4-16(14)19)11-13-5-8-17-18(12-13)22-10-9-21-17/h1-5,8,11-12H,6-7,9-10H2/b15-11+. The number of hydrogen-bond acceptors (Lipinski definition) is 3. The lowest BCUT2D eigenvalue weighted by atomic mass is 9.86. The Hall–Kier alpha value is -2.55. The van der Waals surface area contributed by atoms with Crippen LogP contribution in [0.4, 0.5) is 0 Å². The Kier molecular flexibility index (Phi) is 3.19. The molecule has 2 aromatic carbocycles. The first kappa shape index (κ1) is 13.1. The Bertz CT molecular complexity index is 774. The van der Waals surface area contributed by atoms with Gasteiger partial charge in [-0.2, -0.15) is 0 Å². The van der Waals surface area contributed by atoms with E-state index in [-0.39, 0.29) is 5.78 Å². The van der Waals surface area contributed by atoms with Crippen molar-refractivity contribution in [3.8, 4) is 11.5 Å². The van der Waals surface area contributed by atoms with Crippen LogP contribution in [0.2, 0.25) is 0 Å². The van der Waals surface area contributed by atoms with E-state index in [9.17, 15) is 4.79 Å². The second-order valence-corrected chi connectivity index (χ2v) is 5.56. The normalized spacial score (nSPS) is 18.2. The lowest BCUT2D eigenvalue weighted by molar-refractivity contribution is 0.102. The highest BCUT2D eigenvalue weighted by atomic mass is 16.6. The molecule has 1 aliphatic heterocycles. The second-order valence-electron chi connectivity index (χ2n) is 5.56. The molecule has 0 unspecified atom stereocenters. The summed E-state index contributed by atoms with van der Waals surface area (Å²) >= 11 is 0. The van der Waals surface area contributed by atoms with Gasteiger partial charge in [-0.3, -0.25) is 4.79 Å². The molecular weight excluding hydrogens is 276 g/mol. The Morgan fingerprint density at radius 2 is 1.73 bits per heavy atom. The summed E-state index contributed by atoms with van der Waals surface area (Å²) in [6.45, 7) is 1.15. The van der Waals surface area contributed by atoms with E-state index < -0.39 is 0 Å². The summed E-state index contributed by atoms with van der Waals surface area (Å²) in [6, 6.07) is 13.7. The largest absolute Gasteiger partial charge is 0.486 e. The van der Waals surface area contributed by atoms with Crippen LogP contribution in [0.5, 0.6) is 11.5 Å². The number of rotatable bonds is 1. The number of benzene rings is 2. The molecule has 3 heteroatoms. The molecule has 0 fully saturated rings. The molecule has 4 rings (SSSR count). The van der Waals surface area contributed by atoms with E-state index in [1.165, 1.54) is 0 Å². The molecule has 1 aliphatic carbocycles. The number of carbonyl (C=O) groups is 1. The lowest BCUT2D eigenvalue weighted by Crippen LogP contribution is -2.15. The number of hydrogen-bond donors (Lipinski definition) is 0. The molecule has 0 atom stereocenters. The second kappa shape index (κ2) is 5.34. The van der Waals surface area contributed by atoms with Crippen molar-refractivity contribution in [2.24, 2.45) is 0 Å². The predicted molar refractivity (Wildman–Crippen MR) is 84.5 cm³/mol. The minimum absolute atomic E-state index is 0.136. The average molecular weight is 292 g/mol. The van der Waals surface area contributed by atoms with Crippen molar-refractivity contribution >= 4 is 11.9 Å². The number of ketones is 1. The molecule has 3 nitrogen and oxygen atoms in total. The summed E-state index contributed by atoms with van der Waals surface area (Å²) in [4.78, 5) is 12.6. The highest BCUT2D eigenvalue weighted by Crippen LogP contribution is 2.32. The van der Waals surface area contributed by atoms with Crippen molar-refractivity contribution in [1.29, 1.82) is 0 Å². The zero-order valence-corrected chi connectivity index (χ0v) is 12.2. The third-order valence-electron chi connectivity index (χ3n) is 4.12. The molecule has 0 amide bonds. The fourth-order valence-electron chi connectivity index (χ4n) is 3.00. The van der Waals surface area contributed by atoms with Gasteiger partial charge >= 0.3 is 0 Å². The van der Waals surface area contributed by atoms with Crippen molar-refractivity contribution in [2.45, 2.75) is 12.8 Å². The molecule has 0 aromatic heterocycles. The fraction of sp³-hybridized carbons (Fsp3) is 0.211. The number of carbonyl (C=O) groups excluding carboxylic acids is 1. The SMILES string of the molecule is O=C1/C(=C/c2ccc3c(c2)OCCO3)CCc2ccccc21. The van der Waals surface area contributed by atoms with Gasteiger partial charge in [0, 0.05) is 11.1 Å². The first-order valence-electron chi connectivity index (χ1n) is 7.54. The van der Waals surface area contributed by atoms with Gasteiger partial charge in [0.05, 0.1) is 0 Å². The quantitative estimate of drug-likeness (QED) is 0.752. The van der Waals surface area contributed by atoms with Gasteiger partial charge in [-0.25, -0.2) is 0 Å². The van der Waals surface area contributed by atoms with Crippen molar-refractivity contribution in [3.63, 3.8) is 0 Å². The van der Waals surface area contributed by atoms with Gasteiger partial charge in [-0.15, -0.1) is 0 Å². The fourth-order valence-corrected chi connectivity index (χ4v) is 3.00. The van der Waals surface area contributed by atoms with E-state index in [4.69, 9.17) is 9.47 Å². The summed E-state index contributed by atoms with van der Waals surface area (Å²) < 4.78 is 11.1. The van der Waals surface area contributed by atoms with Gasteiger partial charge in [-0.1, -0.05) is 30.3 Å². The third-order valence-corrected chi connectivity index (χ3v) is 4.12. The highest BCUT2D eigenvalue weighted by molar-refractivity contribution is 6.13. The Labute approximate surface area is 129 Å². The number of fused-ring (bicyclic) bond motifs is 2. The molecule has 0 spiro atoms. The molecule has 2 aliphatic rings. The average Bonchev–Trinajstić information content (AvgIpc) is 2.57. The van der Waals surface area contributed by atoms with E-state index in [0.29, 0.717) is 13.2 Å². The van der Waals surface area contributed by atoms with E-state index in [1.54, 1.807) is 0 Å². The summed E-state index contributed by atoms with van der Waals surface area (Å²) in [5, 5.41) is 0. The minimum Gasteiger partial charge on any atom is -0.486 e. The van der Waals surface area contributed by atoms with Gasteiger partial charge in [0.15, 0.2) is 17.3 Å². The van der Waals surface area contributed by atoms with Crippen molar-refractivity contribution in [1.82, 2.24) is 0 Å². The van der Waals surface area contributed by atoms with Crippen LogP contribution in [0.3, 0.4) is 0 Å².